The molecule has 2 amide bonds. The summed E-state index contributed by atoms with van der Waals surface area (Å²) in [6, 6.07) is 0. The van der Waals surface area contributed by atoms with Gasteiger partial charge < -0.3 is 16.4 Å². The largest absolute Gasteiger partial charge is 0.350 e. The fourth-order valence-corrected chi connectivity index (χ4v) is 2.60. The quantitative estimate of drug-likeness (QED) is 0.712. The summed E-state index contributed by atoms with van der Waals surface area (Å²) in [5.74, 6) is 0.0734. The Hall–Kier alpha value is -1.10. The first-order chi connectivity index (χ1) is 8.62. The van der Waals surface area contributed by atoms with Gasteiger partial charge in [0.05, 0.1) is 12.1 Å². The van der Waals surface area contributed by atoms with E-state index in [2.05, 4.69) is 17.6 Å². The fraction of sp³-hybridized carbons (Fsp3) is 0.857. The van der Waals surface area contributed by atoms with Gasteiger partial charge in [-0.05, 0) is 39.5 Å². The van der Waals surface area contributed by atoms with E-state index in [-0.39, 0.29) is 23.9 Å². The molecular weight excluding hydrogens is 242 g/mol. The lowest BCUT2D eigenvalue weighted by Crippen LogP contribution is -2.58. The number of nitrogens with two attached hydrogens (primary N) is 1. The highest BCUT2D eigenvalue weighted by molar-refractivity contribution is 5.90. The zero-order chi connectivity index (χ0) is 14.7. The highest BCUT2D eigenvalue weighted by atomic mass is 16.2. The van der Waals surface area contributed by atoms with Crippen molar-refractivity contribution in [1.82, 2.24) is 10.6 Å². The van der Waals surface area contributed by atoms with Crippen LogP contribution in [0.2, 0.25) is 0 Å². The minimum Gasteiger partial charge on any atom is -0.350 e. The molecule has 19 heavy (non-hydrogen) atoms. The Labute approximate surface area is 115 Å². The second kappa shape index (κ2) is 5.90. The van der Waals surface area contributed by atoms with Crippen LogP contribution < -0.4 is 16.4 Å². The van der Waals surface area contributed by atoms with E-state index >= 15 is 0 Å². The first kappa shape index (κ1) is 16.0. The van der Waals surface area contributed by atoms with Crippen molar-refractivity contribution in [3.63, 3.8) is 0 Å². The van der Waals surface area contributed by atoms with Gasteiger partial charge in [0, 0.05) is 5.54 Å². The summed E-state index contributed by atoms with van der Waals surface area (Å²) >= 11 is 0. The van der Waals surface area contributed by atoms with Crippen molar-refractivity contribution in [1.29, 1.82) is 0 Å². The second-order valence-electron chi connectivity index (χ2n) is 6.84. The Kier molecular flexibility index (Phi) is 4.96. The number of hydrogen-bond acceptors (Lipinski definition) is 3. The van der Waals surface area contributed by atoms with E-state index < -0.39 is 5.54 Å². The van der Waals surface area contributed by atoms with E-state index in [4.69, 9.17) is 5.73 Å². The maximum absolute atomic E-state index is 12.1. The van der Waals surface area contributed by atoms with Gasteiger partial charge in [-0.15, -0.1) is 0 Å². The van der Waals surface area contributed by atoms with Crippen molar-refractivity contribution in [3.8, 4) is 0 Å². The minimum atomic E-state index is -0.806. The molecule has 1 aliphatic rings. The maximum Gasteiger partial charge on any atom is 0.240 e. The molecule has 0 aliphatic heterocycles. The molecular formula is C14H27N3O2. The second-order valence-corrected chi connectivity index (χ2v) is 6.84. The number of nitrogens with one attached hydrogen (secondary N) is 2. The Morgan fingerprint density at radius 1 is 1.37 bits per heavy atom. The molecule has 0 aromatic heterocycles. The third-order valence-electron chi connectivity index (χ3n) is 3.41. The van der Waals surface area contributed by atoms with Crippen LogP contribution in [0.5, 0.6) is 0 Å². The summed E-state index contributed by atoms with van der Waals surface area (Å²) in [6.07, 6.45) is 3.49. The van der Waals surface area contributed by atoms with Gasteiger partial charge in [0.2, 0.25) is 11.8 Å². The van der Waals surface area contributed by atoms with Crippen LogP contribution in [-0.4, -0.2) is 29.4 Å². The predicted molar refractivity (Wildman–Crippen MR) is 75.5 cm³/mol. The Morgan fingerprint density at radius 3 is 2.53 bits per heavy atom. The molecule has 110 valence electrons. The van der Waals surface area contributed by atoms with Gasteiger partial charge >= 0.3 is 0 Å². The average molecular weight is 269 g/mol. The molecule has 4 N–H and O–H groups in total. The Bertz CT molecular complexity index is 349. The summed E-state index contributed by atoms with van der Waals surface area (Å²) in [7, 11) is 0. The van der Waals surface area contributed by atoms with Crippen LogP contribution in [0, 0.1) is 5.92 Å². The summed E-state index contributed by atoms with van der Waals surface area (Å²) in [5.41, 5.74) is 5.07. The summed E-state index contributed by atoms with van der Waals surface area (Å²) in [4.78, 5) is 23.8. The molecule has 5 nitrogen and oxygen atoms in total. The van der Waals surface area contributed by atoms with Crippen molar-refractivity contribution in [2.45, 2.75) is 64.5 Å². The molecule has 0 bridgehead atoms. The van der Waals surface area contributed by atoms with Crippen LogP contribution in [-0.2, 0) is 9.59 Å². The van der Waals surface area contributed by atoms with Gasteiger partial charge in [-0.2, -0.15) is 0 Å². The van der Waals surface area contributed by atoms with E-state index in [0.717, 1.165) is 12.8 Å². The molecule has 5 heteroatoms. The van der Waals surface area contributed by atoms with Crippen molar-refractivity contribution in [3.05, 3.63) is 0 Å². The van der Waals surface area contributed by atoms with Crippen molar-refractivity contribution in [2.75, 3.05) is 6.54 Å². The van der Waals surface area contributed by atoms with Crippen LogP contribution in [0.4, 0.5) is 0 Å². The molecule has 2 unspecified atom stereocenters. The smallest absolute Gasteiger partial charge is 0.240 e. The molecule has 0 saturated heterocycles. The highest BCUT2D eigenvalue weighted by Crippen LogP contribution is 2.30. The van der Waals surface area contributed by atoms with Crippen molar-refractivity contribution < 1.29 is 9.59 Å². The highest BCUT2D eigenvalue weighted by Gasteiger charge is 2.37. The third-order valence-corrected chi connectivity index (χ3v) is 3.41. The van der Waals surface area contributed by atoms with E-state index in [1.165, 1.54) is 0 Å². The molecule has 2 atom stereocenters. The van der Waals surface area contributed by atoms with Crippen LogP contribution >= 0.6 is 0 Å². The normalized spacial score (nSPS) is 27.7. The lowest BCUT2D eigenvalue weighted by molar-refractivity contribution is -0.131. The molecule has 0 spiro atoms. The number of amides is 2. The molecule has 1 fully saturated rings. The first-order valence-electron chi connectivity index (χ1n) is 7.00. The van der Waals surface area contributed by atoms with E-state index in [1.54, 1.807) is 0 Å². The van der Waals surface area contributed by atoms with Gasteiger partial charge in [0.15, 0.2) is 0 Å². The Balaban J connectivity index is 2.44. The monoisotopic (exact) mass is 269 g/mol. The molecule has 0 heterocycles. The SMILES string of the molecule is CC1CCCC(N)(C(=O)NCC(=O)NC(C)(C)C)C1. The van der Waals surface area contributed by atoms with Gasteiger partial charge in [-0.25, -0.2) is 0 Å². The molecule has 0 aromatic rings. The molecule has 1 aliphatic carbocycles. The zero-order valence-corrected chi connectivity index (χ0v) is 12.5. The molecule has 0 aromatic carbocycles. The molecule has 1 saturated carbocycles. The number of carbonyl (C=O) groups excluding carboxylic acids is 2. The Morgan fingerprint density at radius 2 is 2.00 bits per heavy atom. The first-order valence-corrected chi connectivity index (χ1v) is 7.00. The third kappa shape index (κ3) is 5.19. The summed E-state index contributed by atoms with van der Waals surface area (Å²) in [5, 5.41) is 5.46. The van der Waals surface area contributed by atoms with E-state index in [0.29, 0.717) is 18.8 Å². The predicted octanol–water partition coefficient (Wildman–Crippen LogP) is 0.925. The topological polar surface area (TPSA) is 84.2 Å². The fourth-order valence-electron chi connectivity index (χ4n) is 2.60. The average Bonchev–Trinajstić information content (AvgIpc) is 2.23. The summed E-state index contributed by atoms with van der Waals surface area (Å²) < 4.78 is 0. The van der Waals surface area contributed by atoms with Gasteiger partial charge in [-0.3, -0.25) is 9.59 Å². The maximum atomic E-state index is 12.1. The van der Waals surface area contributed by atoms with Crippen molar-refractivity contribution in [2.24, 2.45) is 11.7 Å². The van der Waals surface area contributed by atoms with E-state index in [9.17, 15) is 9.59 Å². The van der Waals surface area contributed by atoms with Gasteiger partial charge in [0.1, 0.15) is 0 Å². The molecule has 0 radical (unpaired) electrons. The number of hydrogen-bond donors (Lipinski definition) is 3. The van der Waals surface area contributed by atoms with E-state index in [1.807, 2.05) is 20.8 Å². The lowest BCUT2D eigenvalue weighted by atomic mass is 9.76. The van der Waals surface area contributed by atoms with Crippen LogP contribution in [0.3, 0.4) is 0 Å². The minimum absolute atomic E-state index is 0.0105. The standard InChI is InChI=1S/C14H27N3O2/c1-10-6-5-7-14(15,8-10)12(19)16-9-11(18)17-13(2,3)4/h10H,5-9,15H2,1-4H3,(H,16,19)(H,17,18). The van der Waals surface area contributed by atoms with Crippen LogP contribution in [0.15, 0.2) is 0 Å². The van der Waals surface area contributed by atoms with Gasteiger partial charge in [-0.1, -0.05) is 19.8 Å². The number of rotatable bonds is 3. The van der Waals surface area contributed by atoms with Crippen LogP contribution in [0.25, 0.3) is 0 Å². The summed E-state index contributed by atoms with van der Waals surface area (Å²) in [6.45, 7) is 7.81. The molecule has 1 rings (SSSR count). The van der Waals surface area contributed by atoms with Crippen molar-refractivity contribution >= 4 is 11.8 Å². The van der Waals surface area contributed by atoms with Gasteiger partial charge in [0.25, 0.3) is 0 Å². The zero-order valence-electron chi connectivity index (χ0n) is 12.5. The number of carbonyl (C=O) groups is 2. The van der Waals surface area contributed by atoms with Crippen LogP contribution in [0.1, 0.15) is 53.4 Å². The lowest BCUT2D eigenvalue weighted by Gasteiger charge is -2.35.